The highest BCUT2D eigenvalue weighted by atomic mass is 16.5. The van der Waals surface area contributed by atoms with Crippen LogP contribution < -0.4 is 0 Å². The van der Waals surface area contributed by atoms with E-state index >= 15 is 0 Å². The van der Waals surface area contributed by atoms with Gasteiger partial charge in [0.2, 0.25) is 0 Å². The van der Waals surface area contributed by atoms with Crippen molar-refractivity contribution in [2.45, 2.75) is 12.6 Å². The Morgan fingerprint density at radius 2 is 1.68 bits per heavy atom. The van der Waals surface area contributed by atoms with Crippen LogP contribution in [0.15, 0.2) is 60.7 Å². The van der Waals surface area contributed by atoms with Crippen LogP contribution in [0.1, 0.15) is 17.2 Å². The molecule has 0 aromatic heterocycles. The third-order valence-corrected chi connectivity index (χ3v) is 4.24. The Labute approximate surface area is 132 Å². The molecule has 1 aliphatic heterocycles. The summed E-state index contributed by atoms with van der Waals surface area (Å²) in [6.07, 6.45) is -0.0213. The Bertz CT molecular complexity index is 558. The standard InChI is InChI=1S/C19H23NO2/c21-15-18-14-20(13-16-7-3-1-4-8-16)11-12-22-19(18)17-9-5-2-6-10-17/h1-10,18-19,21H,11-15H2/t18-,19-/m1/s1. The van der Waals surface area contributed by atoms with Crippen molar-refractivity contribution in [1.29, 1.82) is 0 Å². The van der Waals surface area contributed by atoms with E-state index in [2.05, 4.69) is 41.3 Å². The molecule has 2 aromatic carbocycles. The number of rotatable bonds is 4. The lowest BCUT2D eigenvalue weighted by Crippen LogP contribution is -2.31. The monoisotopic (exact) mass is 297 g/mol. The molecule has 22 heavy (non-hydrogen) atoms. The summed E-state index contributed by atoms with van der Waals surface area (Å²) in [5.41, 5.74) is 2.46. The van der Waals surface area contributed by atoms with Crippen molar-refractivity contribution in [3.63, 3.8) is 0 Å². The van der Waals surface area contributed by atoms with Gasteiger partial charge in [0.1, 0.15) is 0 Å². The van der Waals surface area contributed by atoms with E-state index in [4.69, 9.17) is 4.74 Å². The molecule has 0 spiro atoms. The fourth-order valence-corrected chi connectivity index (χ4v) is 3.11. The van der Waals surface area contributed by atoms with E-state index in [0.29, 0.717) is 6.61 Å². The SMILES string of the molecule is OC[C@H]1CN(Cc2ccccc2)CCO[C@@H]1c1ccccc1. The molecule has 1 N–H and O–H groups in total. The Morgan fingerprint density at radius 3 is 2.36 bits per heavy atom. The second-order valence-electron chi connectivity index (χ2n) is 5.87. The molecule has 0 unspecified atom stereocenters. The lowest BCUT2D eigenvalue weighted by molar-refractivity contribution is 0.0113. The van der Waals surface area contributed by atoms with Crippen molar-refractivity contribution in [3.05, 3.63) is 71.8 Å². The minimum atomic E-state index is -0.0213. The van der Waals surface area contributed by atoms with E-state index in [1.54, 1.807) is 0 Å². The van der Waals surface area contributed by atoms with Gasteiger partial charge in [-0.1, -0.05) is 60.7 Å². The van der Waals surface area contributed by atoms with Crippen LogP contribution in [0.5, 0.6) is 0 Å². The van der Waals surface area contributed by atoms with Gasteiger partial charge in [-0.2, -0.15) is 0 Å². The van der Waals surface area contributed by atoms with E-state index in [9.17, 15) is 5.11 Å². The topological polar surface area (TPSA) is 32.7 Å². The molecule has 1 aliphatic rings. The molecule has 0 saturated carbocycles. The van der Waals surface area contributed by atoms with Gasteiger partial charge in [0.25, 0.3) is 0 Å². The summed E-state index contributed by atoms with van der Waals surface area (Å²) in [4.78, 5) is 2.37. The van der Waals surface area contributed by atoms with Crippen LogP contribution in [0.2, 0.25) is 0 Å². The molecule has 0 radical (unpaired) electrons. The zero-order valence-corrected chi connectivity index (χ0v) is 12.8. The molecule has 3 rings (SSSR count). The van der Waals surface area contributed by atoms with Crippen LogP contribution in [0.4, 0.5) is 0 Å². The average molecular weight is 297 g/mol. The molecular formula is C19H23NO2. The van der Waals surface area contributed by atoms with Crippen molar-refractivity contribution in [1.82, 2.24) is 4.90 Å². The quantitative estimate of drug-likeness (QED) is 0.942. The van der Waals surface area contributed by atoms with Gasteiger partial charge in [-0.25, -0.2) is 0 Å². The predicted octanol–water partition coefficient (Wildman–Crippen LogP) is 2.87. The summed E-state index contributed by atoms with van der Waals surface area (Å²) in [7, 11) is 0. The minimum absolute atomic E-state index is 0.0213. The lowest BCUT2D eigenvalue weighted by atomic mass is 9.96. The Kier molecular flexibility index (Phi) is 5.22. The number of nitrogens with zero attached hydrogens (tertiary/aromatic N) is 1. The van der Waals surface area contributed by atoms with Crippen LogP contribution >= 0.6 is 0 Å². The smallest absolute Gasteiger partial charge is 0.0887 e. The van der Waals surface area contributed by atoms with Gasteiger partial charge in [-0.15, -0.1) is 0 Å². The number of aliphatic hydroxyl groups is 1. The van der Waals surface area contributed by atoms with Crippen LogP contribution in [-0.2, 0) is 11.3 Å². The number of hydrogen-bond acceptors (Lipinski definition) is 3. The molecule has 0 aliphatic carbocycles. The van der Waals surface area contributed by atoms with Crippen LogP contribution in [0, 0.1) is 5.92 Å². The van der Waals surface area contributed by atoms with E-state index < -0.39 is 0 Å². The Balaban J connectivity index is 1.71. The van der Waals surface area contributed by atoms with Gasteiger partial charge in [0.05, 0.1) is 12.7 Å². The molecule has 116 valence electrons. The van der Waals surface area contributed by atoms with Crippen molar-refractivity contribution in [2.75, 3.05) is 26.3 Å². The lowest BCUT2D eigenvalue weighted by Gasteiger charge is -2.26. The first-order valence-corrected chi connectivity index (χ1v) is 7.90. The van der Waals surface area contributed by atoms with Crippen molar-refractivity contribution in [2.24, 2.45) is 5.92 Å². The first kappa shape index (κ1) is 15.2. The van der Waals surface area contributed by atoms with Gasteiger partial charge >= 0.3 is 0 Å². The molecule has 1 heterocycles. The summed E-state index contributed by atoms with van der Waals surface area (Å²) in [5, 5.41) is 9.82. The fourth-order valence-electron chi connectivity index (χ4n) is 3.11. The number of hydrogen-bond donors (Lipinski definition) is 1. The maximum Gasteiger partial charge on any atom is 0.0887 e. The Morgan fingerprint density at radius 1 is 1.00 bits per heavy atom. The largest absolute Gasteiger partial charge is 0.396 e. The summed E-state index contributed by atoms with van der Waals surface area (Å²) in [6.45, 7) is 3.50. The highest BCUT2D eigenvalue weighted by Crippen LogP contribution is 2.29. The Hall–Kier alpha value is -1.68. The highest BCUT2D eigenvalue weighted by Gasteiger charge is 2.28. The fraction of sp³-hybridized carbons (Fsp3) is 0.368. The van der Waals surface area contributed by atoms with Gasteiger partial charge in [-0.3, -0.25) is 4.90 Å². The zero-order valence-electron chi connectivity index (χ0n) is 12.8. The normalized spacial score (nSPS) is 23.1. The van der Waals surface area contributed by atoms with Crippen LogP contribution in [0.3, 0.4) is 0 Å². The zero-order chi connectivity index (χ0) is 15.2. The van der Waals surface area contributed by atoms with E-state index in [1.807, 2.05) is 24.3 Å². The summed E-state index contributed by atoms with van der Waals surface area (Å²) >= 11 is 0. The number of aliphatic hydroxyl groups excluding tert-OH is 1. The van der Waals surface area contributed by atoms with Crippen molar-refractivity contribution >= 4 is 0 Å². The van der Waals surface area contributed by atoms with E-state index in [0.717, 1.165) is 25.2 Å². The predicted molar refractivity (Wildman–Crippen MR) is 87.4 cm³/mol. The second-order valence-corrected chi connectivity index (χ2v) is 5.87. The molecule has 0 amide bonds. The average Bonchev–Trinajstić information content (AvgIpc) is 2.78. The van der Waals surface area contributed by atoms with Crippen LogP contribution in [-0.4, -0.2) is 36.3 Å². The van der Waals surface area contributed by atoms with Crippen LogP contribution in [0.25, 0.3) is 0 Å². The third-order valence-electron chi connectivity index (χ3n) is 4.24. The van der Waals surface area contributed by atoms with Gasteiger partial charge in [0, 0.05) is 32.2 Å². The molecule has 3 nitrogen and oxygen atoms in total. The first-order valence-electron chi connectivity index (χ1n) is 7.90. The van der Waals surface area contributed by atoms with E-state index in [-0.39, 0.29) is 18.6 Å². The number of benzene rings is 2. The maximum atomic E-state index is 9.82. The minimum Gasteiger partial charge on any atom is -0.396 e. The number of ether oxygens (including phenoxy) is 1. The molecule has 0 bridgehead atoms. The molecular weight excluding hydrogens is 274 g/mol. The molecule has 2 aromatic rings. The molecule has 1 saturated heterocycles. The summed E-state index contributed by atoms with van der Waals surface area (Å²) in [5.74, 6) is 0.105. The molecule has 1 fully saturated rings. The van der Waals surface area contributed by atoms with Gasteiger partial charge < -0.3 is 9.84 Å². The molecule has 2 atom stereocenters. The molecule has 3 heteroatoms. The summed E-state index contributed by atoms with van der Waals surface area (Å²) < 4.78 is 6.06. The summed E-state index contributed by atoms with van der Waals surface area (Å²) in [6, 6.07) is 20.7. The first-order chi connectivity index (χ1) is 10.9. The maximum absolute atomic E-state index is 9.82. The third kappa shape index (κ3) is 3.74. The van der Waals surface area contributed by atoms with Gasteiger partial charge in [0.15, 0.2) is 0 Å². The highest BCUT2D eigenvalue weighted by molar-refractivity contribution is 5.19. The van der Waals surface area contributed by atoms with Crippen molar-refractivity contribution < 1.29 is 9.84 Å². The second kappa shape index (κ2) is 7.54. The van der Waals surface area contributed by atoms with Gasteiger partial charge in [-0.05, 0) is 11.1 Å². The van der Waals surface area contributed by atoms with Crippen molar-refractivity contribution in [3.8, 4) is 0 Å². The van der Waals surface area contributed by atoms with E-state index in [1.165, 1.54) is 5.56 Å².